The molecule has 0 aliphatic rings. The van der Waals surface area contributed by atoms with Gasteiger partial charge in [-0.2, -0.15) is 0 Å². The molecule has 0 saturated heterocycles. The maximum absolute atomic E-state index is 11.7. The molecule has 0 aliphatic heterocycles. The zero-order valence-corrected chi connectivity index (χ0v) is 12.7. The third kappa shape index (κ3) is 5.61. The molecule has 0 spiro atoms. The van der Waals surface area contributed by atoms with E-state index in [4.69, 9.17) is 11.6 Å². The standard InChI is InChI=1S/C15H21ClN2O2/c1-3-4-9-17-15(20)8-10-18(12(2)19)14-7-5-6-13(16)11-14/h5-7,11H,3-4,8-10H2,1-2H3,(H,17,20). The number of rotatable bonds is 7. The molecule has 0 saturated carbocycles. The highest BCUT2D eigenvalue weighted by Gasteiger charge is 2.13. The lowest BCUT2D eigenvalue weighted by Crippen LogP contribution is -2.34. The Hall–Kier alpha value is -1.55. The van der Waals surface area contributed by atoms with Crippen molar-refractivity contribution in [3.63, 3.8) is 0 Å². The average molecular weight is 297 g/mol. The van der Waals surface area contributed by atoms with Crippen LogP contribution >= 0.6 is 11.6 Å². The number of hydrogen-bond donors (Lipinski definition) is 1. The lowest BCUT2D eigenvalue weighted by molar-refractivity contribution is -0.121. The van der Waals surface area contributed by atoms with Crippen molar-refractivity contribution in [3.05, 3.63) is 29.3 Å². The lowest BCUT2D eigenvalue weighted by Gasteiger charge is -2.21. The van der Waals surface area contributed by atoms with Gasteiger partial charge in [-0.25, -0.2) is 0 Å². The predicted octanol–water partition coefficient (Wildman–Crippen LogP) is 3.00. The number of carbonyl (C=O) groups is 2. The minimum absolute atomic E-state index is 0.0354. The van der Waals surface area contributed by atoms with Gasteiger partial charge in [0.25, 0.3) is 0 Å². The van der Waals surface area contributed by atoms with Gasteiger partial charge in [0.15, 0.2) is 0 Å². The molecule has 2 amide bonds. The van der Waals surface area contributed by atoms with Crippen LogP contribution in [0.5, 0.6) is 0 Å². The second-order valence-electron chi connectivity index (χ2n) is 4.60. The van der Waals surface area contributed by atoms with Gasteiger partial charge in [-0.15, -0.1) is 0 Å². The summed E-state index contributed by atoms with van der Waals surface area (Å²) in [5, 5.41) is 3.41. The van der Waals surface area contributed by atoms with Crippen molar-refractivity contribution in [3.8, 4) is 0 Å². The molecule has 0 fully saturated rings. The fourth-order valence-corrected chi connectivity index (χ4v) is 2.00. The van der Waals surface area contributed by atoms with E-state index in [1.807, 2.05) is 6.07 Å². The molecule has 0 radical (unpaired) electrons. The zero-order valence-electron chi connectivity index (χ0n) is 12.0. The molecule has 1 rings (SSSR count). The molecule has 4 nitrogen and oxygen atoms in total. The Labute approximate surface area is 125 Å². The Kier molecular flexibility index (Phi) is 7.09. The Morgan fingerprint density at radius 2 is 2.10 bits per heavy atom. The van der Waals surface area contributed by atoms with Crippen LogP contribution in [0.15, 0.2) is 24.3 Å². The van der Waals surface area contributed by atoms with Crippen LogP contribution in [-0.4, -0.2) is 24.9 Å². The van der Waals surface area contributed by atoms with E-state index in [0.717, 1.165) is 12.8 Å². The predicted molar refractivity (Wildman–Crippen MR) is 82.0 cm³/mol. The van der Waals surface area contributed by atoms with Gasteiger partial charge < -0.3 is 10.2 Å². The first-order chi connectivity index (χ1) is 9.54. The van der Waals surface area contributed by atoms with Gasteiger partial charge in [-0.05, 0) is 24.6 Å². The van der Waals surface area contributed by atoms with Crippen LogP contribution in [-0.2, 0) is 9.59 Å². The first-order valence-corrected chi connectivity index (χ1v) is 7.22. The number of halogens is 1. The Bertz CT molecular complexity index is 463. The van der Waals surface area contributed by atoms with Crippen LogP contribution in [0, 0.1) is 0 Å². The number of hydrogen-bond acceptors (Lipinski definition) is 2. The first kappa shape index (κ1) is 16.5. The number of amides is 2. The van der Waals surface area contributed by atoms with Crippen molar-refractivity contribution < 1.29 is 9.59 Å². The molecule has 1 aromatic rings. The quantitative estimate of drug-likeness (QED) is 0.786. The van der Waals surface area contributed by atoms with E-state index in [-0.39, 0.29) is 18.2 Å². The molecule has 110 valence electrons. The normalized spacial score (nSPS) is 10.2. The number of benzene rings is 1. The van der Waals surface area contributed by atoms with Crippen LogP contribution in [0.25, 0.3) is 0 Å². The minimum Gasteiger partial charge on any atom is -0.356 e. The average Bonchev–Trinajstić information content (AvgIpc) is 2.39. The third-order valence-electron chi connectivity index (χ3n) is 2.91. The number of anilines is 1. The summed E-state index contributed by atoms with van der Waals surface area (Å²) < 4.78 is 0. The molecule has 20 heavy (non-hydrogen) atoms. The molecule has 0 atom stereocenters. The highest BCUT2D eigenvalue weighted by atomic mass is 35.5. The van der Waals surface area contributed by atoms with Gasteiger partial charge >= 0.3 is 0 Å². The van der Waals surface area contributed by atoms with Crippen LogP contribution in [0.1, 0.15) is 33.1 Å². The van der Waals surface area contributed by atoms with Crippen LogP contribution in [0.4, 0.5) is 5.69 Å². The van der Waals surface area contributed by atoms with Crippen LogP contribution < -0.4 is 10.2 Å². The van der Waals surface area contributed by atoms with Gasteiger partial charge in [0.1, 0.15) is 0 Å². The molecule has 1 N–H and O–H groups in total. The number of nitrogens with zero attached hydrogens (tertiary/aromatic N) is 1. The van der Waals surface area contributed by atoms with Gasteiger partial charge in [0.05, 0.1) is 0 Å². The molecule has 0 aromatic heterocycles. The molecule has 0 unspecified atom stereocenters. The Morgan fingerprint density at radius 3 is 2.70 bits per heavy atom. The van der Waals surface area contributed by atoms with E-state index < -0.39 is 0 Å². The molecule has 0 heterocycles. The van der Waals surface area contributed by atoms with E-state index in [0.29, 0.717) is 23.8 Å². The first-order valence-electron chi connectivity index (χ1n) is 6.85. The SMILES string of the molecule is CCCCNC(=O)CCN(C(C)=O)c1cccc(Cl)c1. The number of carbonyl (C=O) groups excluding carboxylic acids is 2. The van der Waals surface area contributed by atoms with Crippen molar-refractivity contribution in [2.75, 3.05) is 18.0 Å². The summed E-state index contributed by atoms with van der Waals surface area (Å²) >= 11 is 5.92. The van der Waals surface area contributed by atoms with Gasteiger partial charge in [-0.1, -0.05) is 31.0 Å². The van der Waals surface area contributed by atoms with E-state index in [9.17, 15) is 9.59 Å². The fourth-order valence-electron chi connectivity index (χ4n) is 1.82. The monoisotopic (exact) mass is 296 g/mol. The van der Waals surface area contributed by atoms with Gasteiger partial charge in [-0.3, -0.25) is 9.59 Å². The molecular formula is C15H21ClN2O2. The Balaban J connectivity index is 2.56. The molecule has 1 aromatic carbocycles. The van der Waals surface area contributed by atoms with E-state index in [1.54, 1.807) is 23.1 Å². The van der Waals surface area contributed by atoms with Crippen molar-refractivity contribution in [2.45, 2.75) is 33.1 Å². The Morgan fingerprint density at radius 1 is 1.35 bits per heavy atom. The molecular weight excluding hydrogens is 276 g/mol. The summed E-state index contributed by atoms with van der Waals surface area (Å²) in [7, 11) is 0. The van der Waals surface area contributed by atoms with Crippen molar-refractivity contribution in [2.24, 2.45) is 0 Å². The topological polar surface area (TPSA) is 49.4 Å². The van der Waals surface area contributed by atoms with E-state index >= 15 is 0 Å². The summed E-state index contributed by atoms with van der Waals surface area (Å²) in [6.45, 7) is 4.60. The van der Waals surface area contributed by atoms with Gasteiger partial charge in [0, 0.05) is 37.1 Å². The highest BCUT2D eigenvalue weighted by Crippen LogP contribution is 2.19. The summed E-state index contributed by atoms with van der Waals surface area (Å²) in [5.74, 6) is -0.139. The summed E-state index contributed by atoms with van der Waals surface area (Å²) in [4.78, 5) is 24.9. The third-order valence-corrected chi connectivity index (χ3v) is 3.15. The number of unbranched alkanes of at least 4 members (excludes halogenated alkanes) is 1. The zero-order chi connectivity index (χ0) is 15.0. The second kappa shape index (κ2) is 8.59. The largest absolute Gasteiger partial charge is 0.356 e. The lowest BCUT2D eigenvalue weighted by atomic mass is 10.2. The van der Waals surface area contributed by atoms with Crippen LogP contribution in [0.2, 0.25) is 5.02 Å². The van der Waals surface area contributed by atoms with E-state index in [1.165, 1.54) is 6.92 Å². The second-order valence-corrected chi connectivity index (χ2v) is 5.04. The fraction of sp³-hybridized carbons (Fsp3) is 0.467. The summed E-state index contributed by atoms with van der Waals surface area (Å²) in [5.41, 5.74) is 0.714. The van der Waals surface area contributed by atoms with Crippen molar-refractivity contribution in [1.82, 2.24) is 5.32 Å². The molecule has 0 bridgehead atoms. The maximum Gasteiger partial charge on any atom is 0.223 e. The maximum atomic E-state index is 11.7. The van der Waals surface area contributed by atoms with Crippen molar-refractivity contribution >= 4 is 29.1 Å². The molecule has 5 heteroatoms. The smallest absolute Gasteiger partial charge is 0.223 e. The highest BCUT2D eigenvalue weighted by molar-refractivity contribution is 6.30. The van der Waals surface area contributed by atoms with Gasteiger partial charge in [0.2, 0.25) is 11.8 Å². The molecule has 0 aliphatic carbocycles. The van der Waals surface area contributed by atoms with Crippen LogP contribution in [0.3, 0.4) is 0 Å². The minimum atomic E-state index is -0.103. The summed E-state index contributed by atoms with van der Waals surface area (Å²) in [6.07, 6.45) is 2.30. The summed E-state index contributed by atoms with van der Waals surface area (Å²) in [6, 6.07) is 7.07. The van der Waals surface area contributed by atoms with Crippen molar-refractivity contribution in [1.29, 1.82) is 0 Å². The number of nitrogens with one attached hydrogen (secondary N) is 1. The van der Waals surface area contributed by atoms with E-state index in [2.05, 4.69) is 12.2 Å².